The highest BCUT2D eigenvalue weighted by atomic mass is 15.4. The fourth-order valence-corrected chi connectivity index (χ4v) is 6.10. The third kappa shape index (κ3) is 5.29. The molecule has 156 valence electrons. The van der Waals surface area contributed by atoms with Crippen LogP contribution in [0.4, 0.5) is 0 Å². The van der Waals surface area contributed by atoms with Crippen LogP contribution in [0.3, 0.4) is 0 Å². The summed E-state index contributed by atoms with van der Waals surface area (Å²) in [4.78, 5) is 5.59. The quantitative estimate of drug-likeness (QED) is 0.583. The van der Waals surface area contributed by atoms with E-state index in [1.165, 1.54) is 96.2 Å². The normalized spacial score (nSPS) is 29.0. The molecule has 1 atom stereocenters. The lowest BCUT2D eigenvalue weighted by Crippen LogP contribution is -2.58. The molecule has 2 saturated carbocycles. The first-order valence-electron chi connectivity index (χ1n) is 11.9. The Hall–Kier alpha value is -0.540. The van der Waals surface area contributed by atoms with Gasteiger partial charge in [0.2, 0.25) is 0 Å². The average molecular weight is 376 g/mol. The van der Waals surface area contributed by atoms with Gasteiger partial charge < -0.3 is 5.32 Å². The fourth-order valence-electron chi connectivity index (χ4n) is 6.10. The number of hydrogen-bond donors (Lipinski definition) is 1. The third-order valence-electron chi connectivity index (χ3n) is 7.80. The van der Waals surface area contributed by atoms with Crippen LogP contribution < -0.4 is 5.32 Å². The molecule has 27 heavy (non-hydrogen) atoms. The minimum atomic E-state index is 0.355. The van der Waals surface area contributed by atoms with Crippen LogP contribution in [0.2, 0.25) is 0 Å². The first kappa shape index (κ1) is 21.2. The zero-order valence-corrected chi connectivity index (χ0v) is 18.5. The van der Waals surface area contributed by atoms with Crippen molar-refractivity contribution in [2.45, 2.75) is 96.9 Å². The molecular weight excluding hydrogens is 330 g/mol. The van der Waals surface area contributed by atoms with Gasteiger partial charge in [0, 0.05) is 30.9 Å². The maximum Gasteiger partial charge on any atom is 0.0513 e. The number of allylic oxidation sites excluding steroid dienone is 1. The molecular formula is C24H45N3. The second kappa shape index (κ2) is 9.31. The molecule has 0 bridgehead atoms. The van der Waals surface area contributed by atoms with Crippen molar-refractivity contribution in [2.75, 3.05) is 32.8 Å². The number of nitrogens with one attached hydrogen (secondary N) is 1. The average Bonchev–Trinajstić information content (AvgIpc) is 3.30. The number of nitrogens with zero attached hydrogens (tertiary/aromatic N) is 2. The molecule has 2 aliphatic carbocycles. The van der Waals surface area contributed by atoms with Crippen molar-refractivity contribution >= 4 is 0 Å². The number of rotatable bonds is 9. The Balaban J connectivity index is 1.66. The molecule has 0 radical (unpaired) electrons. The van der Waals surface area contributed by atoms with Gasteiger partial charge in [-0.05, 0) is 69.2 Å². The molecule has 3 heteroatoms. The summed E-state index contributed by atoms with van der Waals surface area (Å²) in [6, 6.07) is 0. The Labute approximate surface area is 168 Å². The van der Waals surface area contributed by atoms with Gasteiger partial charge in [0.25, 0.3) is 0 Å². The SMILES string of the molecule is C=C(CC)NCC1(N2CCN(CCCC(C)C)C2)CCCC2(CCCC2)C1. The Morgan fingerprint density at radius 3 is 2.52 bits per heavy atom. The van der Waals surface area contributed by atoms with Crippen LogP contribution in [0.15, 0.2) is 12.3 Å². The summed E-state index contributed by atoms with van der Waals surface area (Å²) < 4.78 is 0. The lowest BCUT2D eigenvalue weighted by atomic mass is 9.64. The highest BCUT2D eigenvalue weighted by Gasteiger charge is 2.49. The van der Waals surface area contributed by atoms with Crippen molar-refractivity contribution in [1.29, 1.82) is 0 Å². The maximum absolute atomic E-state index is 4.24. The van der Waals surface area contributed by atoms with Gasteiger partial charge in [-0.1, -0.05) is 46.6 Å². The van der Waals surface area contributed by atoms with Crippen LogP contribution in [0.5, 0.6) is 0 Å². The molecule has 1 unspecified atom stereocenters. The zero-order chi connectivity index (χ0) is 19.3. The van der Waals surface area contributed by atoms with E-state index in [-0.39, 0.29) is 0 Å². The van der Waals surface area contributed by atoms with E-state index in [1.807, 2.05) is 0 Å². The molecule has 1 aliphatic heterocycles. The molecule has 3 fully saturated rings. The van der Waals surface area contributed by atoms with Crippen molar-refractivity contribution in [3.05, 3.63) is 12.3 Å². The van der Waals surface area contributed by atoms with E-state index in [4.69, 9.17) is 0 Å². The minimum Gasteiger partial charge on any atom is -0.387 e. The summed E-state index contributed by atoms with van der Waals surface area (Å²) in [5.41, 5.74) is 2.22. The summed E-state index contributed by atoms with van der Waals surface area (Å²) in [6.07, 6.45) is 15.4. The van der Waals surface area contributed by atoms with Gasteiger partial charge in [0.15, 0.2) is 0 Å². The summed E-state index contributed by atoms with van der Waals surface area (Å²) in [5.74, 6) is 0.833. The van der Waals surface area contributed by atoms with E-state index in [0.717, 1.165) is 18.9 Å². The van der Waals surface area contributed by atoms with Crippen molar-refractivity contribution in [3.63, 3.8) is 0 Å². The first-order chi connectivity index (χ1) is 13.0. The van der Waals surface area contributed by atoms with E-state index in [0.29, 0.717) is 11.0 Å². The third-order valence-corrected chi connectivity index (χ3v) is 7.80. The predicted molar refractivity (Wildman–Crippen MR) is 117 cm³/mol. The summed E-state index contributed by atoms with van der Waals surface area (Å²) in [5, 5.41) is 3.74. The highest BCUT2D eigenvalue weighted by Crippen LogP contribution is 2.53. The van der Waals surface area contributed by atoms with Gasteiger partial charge in [-0.3, -0.25) is 9.80 Å². The molecule has 0 aromatic rings. The van der Waals surface area contributed by atoms with Crippen LogP contribution in [0, 0.1) is 11.3 Å². The van der Waals surface area contributed by atoms with Crippen LogP contribution in [0.25, 0.3) is 0 Å². The molecule has 0 amide bonds. The van der Waals surface area contributed by atoms with Crippen molar-refractivity contribution in [2.24, 2.45) is 11.3 Å². The topological polar surface area (TPSA) is 18.5 Å². The monoisotopic (exact) mass is 375 g/mol. The van der Waals surface area contributed by atoms with Crippen LogP contribution >= 0.6 is 0 Å². The second-order valence-electron chi connectivity index (χ2n) is 10.3. The summed E-state index contributed by atoms with van der Waals surface area (Å²) in [7, 11) is 0. The van der Waals surface area contributed by atoms with Gasteiger partial charge in [-0.15, -0.1) is 0 Å². The van der Waals surface area contributed by atoms with E-state index >= 15 is 0 Å². The second-order valence-corrected chi connectivity index (χ2v) is 10.3. The van der Waals surface area contributed by atoms with Crippen LogP contribution in [0.1, 0.15) is 91.4 Å². The van der Waals surface area contributed by atoms with Crippen molar-refractivity contribution in [3.8, 4) is 0 Å². The zero-order valence-electron chi connectivity index (χ0n) is 18.5. The maximum atomic E-state index is 4.24. The lowest BCUT2D eigenvalue weighted by molar-refractivity contribution is -0.000915. The van der Waals surface area contributed by atoms with Gasteiger partial charge >= 0.3 is 0 Å². The molecule has 3 rings (SSSR count). The molecule has 1 heterocycles. The smallest absolute Gasteiger partial charge is 0.0513 e. The van der Waals surface area contributed by atoms with Gasteiger partial charge in [0.1, 0.15) is 0 Å². The molecule has 1 spiro atoms. The summed E-state index contributed by atoms with van der Waals surface area (Å²) in [6.45, 7) is 17.3. The molecule has 1 N–H and O–H groups in total. The van der Waals surface area contributed by atoms with Gasteiger partial charge in [0.05, 0.1) is 6.67 Å². The van der Waals surface area contributed by atoms with E-state index in [2.05, 4.69) is 42.5 Å². The fraction of sp³-hybridized carbons (Fsp3) is 0.917. The minimum absolute atomic E-state index is 0.355. The number of hydrogen-bond acceptors (Lipinski definition) is 3. The van der Waals surface area contributed by atoms with E-state index in [9.17, 15) is 0 Å². The largest absolute Gasteiger partial charge is 0.387 e. The first-order valence-corrected chi connectivity index (χ1v) is 11.9. The van der Waals surface area contributed by atoms with Gasteiger partial charge in [-0.25, -0.2) is 0 Å². The van der Waals surface area contributed by atoms with Crippen molar-refractivity contribution < 1.29 is 0 Å². The molecule has 0 aromatic heterocycles. The molecule has 3 aliphatic rings. The molecule has 3 nitrogen and oxygen atoms in total. The summed E-state index contributed by atoms with van der Waals surface area (Å²) >= 11 is 0. The molecule has 1 saturated heterocycles. The van der Waals surface area contributed by atoms with Crippen LogP contribution in [-0.4, -0.2) is 48.2 Å². The van der Waals surface area contributed by atoms with E-state index in [1.54, 1.807) is 0 Å². The lowest BCUT2D eigenvalue weighted by Gasteiger charge is -2.51. The predicted octanol–water partition coefficient (Wildman–Crippen LogP) is 5.38. The Morgan fingerprint density at radius 2 is 1.81 bits per heavy atom. The Bertz CT molecular complexity index is 480. The van der Waals surface area contributed by atoms with Crippen LogP contribution in [-0.2, 0) is 0 Å². The Kier molecular flexibility index (Phi) is 7.30. The molecule has 0 aromatic carbocycles. The van der Waals surface area contributed by atoms with Gasteiger partial charge in [-0.2, -0.15) is 0 Å². The Morgan fingerprint density at radius 1 is 1.07 bits per heavy atom. The van der Waals surface area contributed by atoms with Crippen molar-refractivity contribution in [1.82, 2.24) is 15.1 Å². The highest BCUT2D eigenvalue weighted by molar-refractivity contribution is 5.06. The van der Waals surface area contributed by atoms with E-state index < -0.39 is 0 Å². The standard InChI is InChI=1S/C24H45N3/c1-5-22(4)25-19-24(14-9-13-23(18-24)11-6-7-12-23)27-17-16-26(20-27)15-8-10-21(2)3/h21,25H,4-20H2,1-3H3.